The minimum Gasteiger partial charge on any atom is -0.465 e. The number of rotatable bonds is 2. The van der Waals surface area contributed by atoms with Gasteiger partial charge in [-0.2, -0.15) is 0 Å². The Morgan fingerprint density at radius 1 is 1.20 bits per heavy atom. The van der Waals surface area contributed by atoms with Crippen molar-refractivity contribution < 1.29 is 14.3 Å². The molecule has 25 heavy (non-hydrogen) atoms. The number of carbonyl (C=O) groups excluding carboxylic acids is 2. The molecule has 1 spiro atoms. The van der Waals surface area contributed by atoms with E-state index in [4.69, 9.17) is 4.74 Å². The molecule has 2 aliphatic rings. The Balaban J connectivity index is 1.63. The average Bonchev–Trinajstić information content (AvgIpc) is 2.97. The van der Waals surface area contributed by atoms with Crippen molar-refractivity contribution in [3.8, 4) is 0 Å². The topological polar surface area (TPSA) is 59.5 Å². The van der Waals surface area contributed by atoms with Crippen molar-refractivity contribution in [1.82, 2.24) is 4.98 Å². The van der Waals surface area contributed by atoms with Gasteiger partial charge in [-0.1, -0.05) is 12.1 Å². The highest BCUT2D eigenvalue weighted by atomic mass is 16.5. The fraction of sp³-hybridized carbons (Fsp3) is 0.350. The maximum absolute atomic E-state index is 13.2. The molecule has 1 saturated heterocycles. The van der Waals surface area contributed by atoms with Gasteiger partial charge < -0.3 is 4.74 Å². The first kappa shape index (κ1) is 15.8. The number of hydrogen-bond acceptors (Lipinski definition) is 4. The number of carbonyl (C=O) groups is 2. The summed E-state index contributed by atoms with van der Waals surface area (Å²) in [6.45, 7) is 0.696. The normalized spacial score (nSPS) is 22.1. The van der Waals surface area contributed by atoms with Crippen LogP contribution in [0, 0.1) is 5.41 Å². The minimum absolute atomic E-state index is 0.153. The Morgan fingerprint density at radius 3 is 2.84 bits per heavy atom. The lowest BCUT2D eigenvalue weighted by Crippen LogP contribution is -2.39. The number of esters is 1. The second-order valence-electron chi connectivity index (χ2n) is 6.83. The molecule has 1 aromatic heterocycles. The highest BCUT2D eigenvalue weighted by molar-refractivity contribution is 5.99. The first-order chi connectivity index (χ1) is 12.1. The van der Waals surface area contributed by atoms with Crippen molar-refractivity contribution in [3.63, 3.8) is 0 Å². The van der Waals surface area contributed by atoms with Crippen molar-refractivity contribution in [2.45, 2.75) is 25.7 Å². The number of aromatic nitrogens is 1. The van der Waals surface area contributed by atoms with E-state index >= 15 is 0 Å². The Morgan fingerprint density at radius 2 is 2.08 bits per heavy atom. The van der Waals surface area contributed by atoms with Crippen molar-refractivity contribution >= 4 is 17.7 Å². The predicted octanol–water partition coefficient (Wildman–Crippen LogP) is 2.78. The van der Waals surface area contributed by atoms with Gasteiger partial charge in [0, 0.05) is 12.7 Å². The number of aryl methyl sites for hydroxylation is 1. The Hall–Kier alpha value is -2.69. The van der Waals surface area contributed by atoms with E-state index in [1.807, 2.05) is 30.3 Å². The van der Waals surface area contributed by atoms with E-state index < -0.39 is 0 Å². The number of nitrogens with zero attached hydrogens (tertiary/aromatic N) is 2. The Bertz CT molecular complexity index is 834. The average molecular weight is 336 g/mol. The summed E-state index contributed by atoms with van der Waals surface area (Å²) < 4.78 is 4.82. The zero-order valence-corrected chi connectivity index (χ0v) is 14.2. The summed E-state index contributed by atoms with van der Waals surface area (Å²) in [6.07, 6.45) is 4.92. The van der Waals surface area contributed by atoms with Crippen LogP contribution >= 0.6 is 0 Å². The molecule has 5 heteroatoms. The number of hydrogen-bond donors (Lipinski definition) is 0. The van der Waals surface area contributed by atoms with Gasteiger partial charge in [0.2, 0.25) is 5.91 Å². The molecule has 1 aromatic carbocycles. The molecule has 0 N–H and O–H groups in total. The molecule has 4 rings (SSSR count). The van der Waals surface area contributed by atoms with Gasteiger partial charge in [0.05, 0.1) is 18.1 Å². The number of amides is 1. The molecular weight excluding hydrogens is 316 g/mol. The lowest BCUT2D eigenvalue weighted by Gasteiger charge is -2.33. The lowest BCUT2D eigenvalue weighted by molar-refractivity contribution is -0.126. The Labute approximate surface area is 146 Å². The van der Waals surface area contributed by atoms with Gasteiger partial charge >= 0.3 is 5.97 Å². The maximum Gasteiger partial charge on any atom is 0.337 e. The molecule has 2 aromatic rings. The summed E-state index contributed by atoms with van der Waals surface area (Å²) in [6, 6.07) is 11.3. The van der Waals surface area contributed by atoms with Crippen LogP contribution in [-0.4, -0.2) is 30.5 Å². The molecule has 128 valence electrons. The fourth-order valence-corrected chi connectivity index (χ4v) is 4.05. The maximum atomic E-state index is 13.2. The third kappa shape index (κ3) is 2.60. The number of ether oxygens (including phenoxy) is 1. The van der Waals surface area contributed by atoms with Crippen LogP contribution in [0.2, 0.25) is 0 Å². The highest BCUT2D eigenvalue weighted by Crippen LogP contribution is 2.44. The second-order valence-corrected chi connectivity index (χ2v) is 6.83. The molecule has 1 atom stereocenters. The van der Waals surface area contributed by atoms with Crippen molar-refractivity contribution in [2.75, 3.05) is 18.6 Å². The van der Waals surface area contributed by atoms with Gasteiger partial charge in [0.1, 0.15) is 5.82 Å². The van der Waals surface area contributed by atoms with Crippen LogP contribution in [0.5, 0.6) is 0 Å². The van der Waals surface area contributed by atoms with Crippen molar-refractivity contribution in [2.24, 2.45) is 5.41 Å². The van der Waals surface area contributed by atoms with E-state index in [1.165, 1.54) is 12.7 Å². The largest absolute Gasteiger partial charge is 0.465 e. The summed E-state index contributed by atoms with van der Waals surface area (Å²) in [5.41, 5.74) is 2.48. The third-order valence-corrected chi connectivity index (χ3v) is 5.47. The van der Waals surface area contributed by atoms with Crippen LogP contribution in [0.3, 0.4) is 0 Å². The van der Waals surface area contributed by atoms with Gasteiger partial charge in [-0.3, -0.25) is 9.69 Å². The number of anilines is 1. The van der Waals surface area contributed by atoms with Crippen LogP contribution in [0.1, 0.15) is 34.3 Å². The van der Waals surface area contributed by atoms with Gasteiger partial charge in [0.15, 0.2) is 0 Å². The van der Waals surface area contributed by atoms with Crippen LogP contribution in [0.25, 0.3) is 0 Å². The smallest absolute Gasteiger partial charge is 0.337 e. The molecule has 1 aliphatic carbocycles. The third-order valence-electron chi connectivity index (χ3n) is 5.47. The van der Waals surface area contributed by atoms with Crippen LogP contribution in [0.4, 0.5) is 5.82 Å². The fourth-order valence-electron chi connectivity index (χ4n) is 4.05. The van der Waals surface area contributed by atoms with Gasteiger partial charge in [-0.15, -0.1) is 0 Å². The molecule has 2 heterocycles. The van der Waals surface area contributed by atoms with Gasteiger partial charge in [-0.25, -0.2) is 9.78 Å². The number of methoxy groups -OCH3 is 1. The SMILES string of the molecule is COC(=O)c1ccc2c(c1)C[C@]1(CC2)CCN(c2ccccn2)C1=O. The molecule has 1 aliphatic heterocycles. The summed E-state index contributed by atoms with van der Waals surface area (Å²) in [5, 5.41) is 0. The molecule has 5 nitrogen and oxygen atoms in total. The zero-order valence-electron chi connectivity index (χ0n) is 14.2. The molecule has 0 unspecified atom stereocenters. The number of benzene rings is 1. The molecule has 1 amide bonds. The summed E-state index contributed by atoms with van der Waals surface area (Å²) in [7, 11) is 1.38. The molecule has 1 fully saturated rings. The Kier molecular flexibility index (Phi) is 3.79. The quantitative estimate of drug-likeness (QED) is 0.791. The van der Waals surface area contributed by atoms with Gasteiger partial charge in [-0.05, 0) is 61.1 Å². The molecule has 0 saturated carbocycles. The van der Waals surface area contributed by atoms with E-state index in [2.05, 4.69) is 4.98 Å². The van der Waals surface area contributed by atoms with E-state index in [9.17, 15) is 9.59 Å². The van der Waals surface area contributed by atoms with E-state index in [0.717, 1.165) is 30.6 Å². The second kappa shape index (κ2) is 5.99. The summed E-state index contributed by atoms with van der Waals surface area (Å²) in [4.78, 5) is 31.1. The number of pyridine rings is 1. The predicted molar refractivity (Wildman–Crippen MR) is 93.4 cm³/mol. The first-order valence-electron chi connectivity index (χ1n) is 8.56. The molecular formula is C20H20N2O3. The van der Waals surface area contributed by atoms with Gasteiger partial charge in [0.25, 0.3) is 0 Å². The summed E-state index contributed by atoms with van der Waals surface area (Å²) in [5.74, 6) is 0.536. The minimum atomic E-state index is -0.376. The molecule has 0 bridgehead atoms. The van der Waals surface area contributed by atoms with E-state index in [-0.39, 0.29) is 17.3 Å². The monoisotopic (exact) mass is 336 g/mol. The number of fused-ring (bicyclic) bond motifs is 1. The lowest BCUT2D eigenvalue weighted by atomic mass is 9.70. The van der Waals surface area contributed by atoms with Crippen molar-refractivity contribution in [3.05, 3.63) is 59.3 Å². The van der Waals surface area contributed by atoms with E-state index in [1.54, 1.807) is 17.2 Å². The van der Waals surface area contributed by atoms with Crippen LogP contribution < -0.4 is 4.90 Å². The standard InChI is InChI=1S/C20H20N2O3/c1-25-18(23)15-6-5-14-7-8-20(13-16(14)12-15)9-11-22(19(20)24)17-4-2-3-10-21-17/h2-6,10,12H,7-9,11,13H2,1H3/t20-/m0/s1. The van der Waals surface area contributed by atoms with Crippen LogP contribution in [0.15, 0.2) is 42.6 Å². The zero-order chi connectivity index (χ0) is 17.4. The van der Waals surface area contributed by atoms with Crippen LogP contribution in [-0.2, 0) is 22.4 Å². The molecule has 0 radical (unpaired) electrons. The van der Waals surface area contributed by atoms with E-state index in [0.29, 0.717) is 18.5 Å². The van der Waals surface area contributed by atoms with Crippen molar-refractivity contribution in [1.29, 1.82) is 0 Å². The first-order valence-corrected chi connectivity index (χ1v) is 8.56. The highest BCUT2D eigenvalue weighted by Gasteiger charge is 2.48. The summed E-state index contributed by atoms with van der Waals surface area (Å²) >= 11 is 0.